The van der Waals surface area contributed by atoms with E-state index in [0.717, 1.165) is 12.5 Å². The van der Waals surface area contributed by atoms with Crippen molar-refractivity contribution in [1.29, 1.82) is 0 Å². The van der Waals surface area contributed by atoms with Crippen LogP contribution < -0.4 is 60.1 Å². The Morgan fingerprint density at radius 1 is 0.361 bits per heavy atom. The molecule has 4 saturated heterocycles. The van der Waals surface area contributed by atoms with Gasteiger partial charge in [-0.05, 0) is 255 Å². The second kappa shape index (κ2) is 49.9. The zero-order valence-corrected chi connectivity index (χ0v) is 84.4. The number of aromatic nitrogens is 16. The first-order chi connectivity index (χ1) is 81.5. The van der Waals surface area contributed by atoms with Crippen molar-refractivity contribution in [3.63, 3.8) is 0 Å². The van der Waals surface area contributed by atoms with Crippen LogP contribution in [0, 0.1) is 0 Å². The molecule has 12 aromatic rings. The number of nitrogens with zero attached hydrogens (tertiary/aromatic N) is 16. The maximum Gasteiger partial charge on any atom is 0.277 e. The Kier molecular flexibility index (Phi) is 25.6. The predicted molar refractivity (Wildman–Crippen MR) is 559 cm³/mol. The first-order valence-corrected chi connectivity index (χ1v) is 53.5. The van der Waals surface area contributed by atoms with Gasteiger partial charge in [-0.3, -0.25) is 37.9 Å². The van der Waals surface area contributed by atoms with Crippen molar-refractivity contribution in [2.75, 3.05) is 107 Å². The molecule has 0 spiro atoms. The minimum atomic E-state index is -4.59. The van der Waals surface area contributed by atoms with E-state index in [4.69, 9.17) is 62.8 Å². The normalized spacial score (nSPS) is 21.4. The van der Waals surface area contributed by atoms with Crippen molar-refractivity contribution >= 4 is 84.2 Å². The van der Waals surface area contributed by atoms with Crippen LogP contribution in [0.2, 0.25) is 0 Å². The monoisotopic (exact) mass is 2100 g/mol. The molecule has 12 heterocycles. The van der Waals surface area contributed by atoms with Gasteiger partial charge in [0, 0.05) is 122 Å². The summed E-state index contributed by atoms with van der Waals surface area (Å²) in [5, 5.41) is 16.4. The Bertz CT molecular complexity index is 8630. The number of ether oxygens (including phenoxy) is 4. The van der Waals surface area contributed by atoms with Gasteiger partial charge in [0.2, 0.25) is 40.1 Å². The van der Waals surface area contributed by atoms with E-state index in [9.17, 15) is 52.8 Å². The fourth-order valence-corrected chi connectivity index (χ4v) is 20.8. The Hall–Kier alpha value is -11.0. The van der Waals surface area contributed by atoms with Crippen molar-refractivity contribution in [2.45, 2.75) is 253 Å². The van der Waals surface area contributed by atoms with Crippen LogP contribution in [0.15, 0.2) is 112 Å². The number of hydrogen-bond acceptors (Lipinski definition) is 28. The molecule has 40 nitrogen and oxygen atoms in total. The Labute approximate surface area is 888 Å². The standard InChI is InChI=1S/4C25H36N6O4S/c4*1-5-8-20-22-23(31(4)29-20)25(32)28-24(27-22)19-16-18(10-11-21(19)35-15-6-2)36(33,34)26-13-12-17-9-7-14-30(17)3/h4*10-11,16-17,26H,5-9,12-15H2,1-4H3,(H,27,28,32)/i3D3,4D3,8D2,13D2;3D3,4D3,8D2,13D;1D3,3D3,13D;1D3,3D3. The van der Waals surface area contributed by atoms with Crippen molar-refractivity contribution in [2.24, 2.45) is 28.0 Å². The summed E-state index contributed by atoms with van der Waals surface area (Å²) >= 11 is 0. The predicted octanol–water partition coefficient (Wildman–Crippen LogP) is 11.3. The third-order valence-electron chi connectivity index (χ3n) is 24.0. The highest BCUT2D eigenvalue weighted by Gasteiger charge is 2.32. The van der Waals surface area contributed by atoms with Crippen LogP contribution in [-0.4, -0.2) is 263 Å². The summed E-state index contributed by atoms with van der Waals surface area (Å²) in [6, 6.07) is 13.7. The molecule has 4 aliphatic heterocycles. The quantitative estimate of drug-likeness (QED) is 0.0176. The third kappa shape index (κ3) is 26.5. The van der Waals surface area contributed by atoms with Crippen molar-refractivity contribution in [3.05, 3.63) is 137 Å². The van der Waals surface area contributed by atoms with Crippen LogP contribution in [0.3, 0.4) is 0 Å². The van der Waals surface area contributed by atoms with E-state index in [-0.39, 0.29) is 206 Å². The highest BCUT2D eigenvalue weighted by atomic mass is 32.2. The van der Waals surface area contributed by atoms with Crippen LogP contribution in [0.4, 0.5) is 0 Å². The molecular weight excluding hydrogens is 1920 g/mol. The molecule has 144 heavy (non-hydrogen) atoms. The molecule has 0 saturated carbocycles. The van der Waals surface area contributed by atoms with E-state index >= 15 is 0 Å². The van der Waals surface area contributed by atoms with Gasteiger partial charge in [0.25, 0.3) is 22.2 Å². The number of aromatic amines is 4. The first-order valence-electron chi connectivity index (χ1n) is 63.8. The number of benzene rings is 4. The van der Waals surface area contributed by atoms with Crippen LogP contribution in [0.5, 0.6) is 23.0 Å². The van der Waals surface area contributed by atoms with Gasteiger partial charge in [-0.25, -0.2) is 72.5 Å². The Morgan fingerprint density at radius 2 is 0.653 bits per heavy atom. The van der Waals surface area contributed by atoms with Gasteiger partial charge in [-0.15, -0.1) is 0 Å². The number of fused-ring (bicyclic) bond motifs is 4. The average molecular weight is 2100 g/mol. The minimum Gasteiger partial charge on any atom is -0.493 e. The fourth-order valence-electron chi connectivity index (χ4n) is 16.8. The highest BCUT2D eigenvalue weighted by molar-refractivity contribution is 7.90. The molecule has 0 radical (unpaired) electrons. The van der Waals surface area contributed by atoms with E-state index < -0.39 is 191 Å². The molecular formula is C100H144N24O16S4. The molecule has 6 unspecified atom stereocenters. The molecule has 0 aliphatic carbocycles. The lowest BCUT2D eigenvalue weighted by Crippen LogP contribution is -2.31. The minimum absolute atomic E-state index is 0.00508. The van der Waals surface area contributed by atoms with Gasteiger partial charge in [-0.2, -0.15) is 20.4 Å². The van der Waals surface area contributed by atoms with Crippen LogP contribution >= 0.6 is 0 Å². The summed E-state index contributed by atoms with van der Waals surface area (Å²) in [7, 11) is -14.1. The number of H-pyrrole nitrogens is 4. The zero-order chi connectivity index (χ0) is 131. The molecule has 8 N–H and O–H groups in total. The SMILES string of the molecule is [2H]C(CC1CCCN1C([2H])([2H])[2H])NS(=O)(=O)c1ccc(OCCC)c(-c2nc3c(C([2H])([2H])CC)nn(C([2H])([2H])[2H])c3c(=O)[nH]2)c1.[2H]C(CC1CCCN1C([2H])([2H])[2H])NS(=O)(=O)c1ccc(OCCC)c(-c2nc3c(CCC([2H])([2H])[2H])nn(C)c3c(=O)[nH]2)c1.[2H]C([2H])(CC1CCCN1C([2H])([2H])[2H])NS(=O)(=O)c1ccc(OCCC)c(-c2nc3c(C([2H])([2H])CC)nn(C([2H])([2H])[2H])c3c(=O)[nH]2)c1.[2H]C([2H])([2H])CCc1nn(C)c2c(=O)[nH]c(-c3cc(S(=O)(=O)NCCC4CCCN4C([2H])([2H])[2H])ccc3OCCC)nc12. The highest BCUT2D eigenvalue weighted by Crippen LogP contribution is 2.38. The van der Waals surface area contributed by atoms with Crippen molar-refractivity contribution in [1.82, 2.24) is 117 Å². The maximum atomic E-state index is 13.5. The molecule has 0 bridgehead atoms. The number of rotatable bonds is 44. The van der Waals surface area contributed by atoms with Gasteiger partial charge in [0.1, 0.15) is 68.4 Å². The average Bonchev–Trinajstić information content (AvgIpc) is 1.58. The lowest BCUT2D eigenvalue weighted by atomic mass is 10.1. The first kappa shape index (κ1) is 73.9. The number of hydrogen-bond donors (Lipinski definition) is 8. The Balaban J connectivity index is 0.000000191. The van der Waals surface area contributed by atoms with Gasteiger partial charge in [-0.1, -0.05) is 80.9 Å². The summed E-state index contributed by atoms with van der Waals surface area (Å²) in [4.78, 5) is 85.2. The molecule has 8 aromatic heterocycles. The van der Waals surface area contributed by atoms with Crippen LogP contribution in [0.1, 0.15) is 250 Å². The molecule has 4 fully saturated rings. The zero-order valence-electron chi connectivity index (χ0n) is 113. The largest absolute Gasteiger partial charge is 0.493 e. The van der Waals surface area contributed by atoms with Crippen molar-refractivity contribution in [3.8, 4) is 68.5 Å². The number of likely N-dealkylation sites (tertiary alicyclic amines) is 4. The molecule has 0 amide bonds. The summed E-state index contributed by atoms with van der Waals surface area (Å²) in [5.74, 6) is 0.390. The molecule has 4 aromatic carbocycles. The summed E-state index contributed by atoms with van der Waals surface area (Å²) in [6.45, 7) is -11.8. The van der Waals surface area contributed by atoms with E-state index in [2.05, 4.69) is 74.4 Å². The van der Waals surface area contributed by atoms with Crippen molar-refractivity contribution < 1.29 is 96.5 Å². The number of nitrogens with one attached hydrogen (secondary N) is 8. The smallest absolute Gasteiger partial charge is 0.277 e. The topological polar surface area (TPSA) is 489 Å². The van der Waals surface area contributed by atoms with Gasteiger partial charge < -0.3 is 58.5 Å². The molecule has 16 rings (SSSR count). The van der Waals surface area contributed by atoms with Gasteiger partial charge >= 0.3 is 0 Å². The molecule has 4 aliphatic rings. The van der Waals surface area contributed by atoms with E-state index in [1.165, 1.54) is 110 Å². The fraction of sp³-hybridized carbons (Fsp3) is 0.560. The summed E-state index contributed by atoms with van der Waals surface area (Å²) < 4.78 is 395. The second-order valence-corrected chi connectivity index (χ2v) is 41.3. The summed E-state index contributed by atoms with van der Waals surface area (Å²) in [6.07, 6.45) is 2.23. The van der Waals surface area contributed by atoms with E-state index in [1.54, 1.807) is 14.1 Å². The van der Waals surface area contributed by atoms with Gasteiger partial charge in [0.05, 0.1) is 91.0 Å². The Morgan fingerprint density at radius 3 is 0.958 bits per heavy atom. The maximum absolute atomic E-state index is 13.5. The second-order valence-electron chi connectivity index (χ2n) is 34.4. The molecule has 44 heteroatoms. The van der Waals surface area contributed by atoms with Crippen LogP contribution in [-0.2, 0) is 93.7 Å². The van der Waals surface area contributed by atoms with Crippen LogP contribution in [0.25, 0.3) is 89.7 Å². The number of aryl methyl sites for hydroxylation is 8. The summed E-state index contributed by atoms with van der Waals surface area (Å²) in [5.41, 5.74) is -3.57. The van der Waals surface area contributed by atoms with E-state index in [0.29, 0.717) is 136 Å². The molecule has 6 atom stereocenters. The van der Waals surface area contributed by atoms with E-state index in [1.807, 2.05) is 32.4 Å². The molecule has 784 valence electrons. The lowest BCUT2D eigenvalue weighted by Gasteiger charge is -2.19. The van der Waals surface area contributed by atoms with Gasteiger partial charge in [0.15, 0.2) is 22.1 Å². The number of sulfonamides is 4. The third-order valence-corrected chi connectivity index (χ3v) is 29.4. The lowest BCUT2D eigenvalue weighted by molar-refractivity contribution is 0.297.